The average Bonchev–Trinajstić information content (AvgIpc) is 3.51. The van der Waals surface area contributed by atoms with Crippen molar-refractivity contribution in [3.63, 3.8) is 0 Å². The molecule has 7 aromatic carbocycles. The minimum absolute atomic E-state index is 0.568. The number of nitrogens with zero attached hydrogens (tertiary/aromatic N) is 3. The van der Waals surface area contributed by atoms with Crippen LogP contribution in [0.15, 0.2) is 186 Å². The lowest BCUT2D eigenvalue weighted by atomic mass is 9.66. The fraction of sp³-hybridized carbons (Fsp3) is 0.0208. The predicted molar refractivity (Wildman–Crippen MR) is 210 cm³/mol. The van der Waals surface area contributed by atoms with Gasteiger partial charge in [-0.25, -0.2) is 9.97 Å². The molecular formula is C48H29N3S. The second kappa shape index (κ2) is 12.1. The summed E-state index contributed by atoms with van der Waals surface area (Å²) < 4.78 is 0. The Morgan fingerprint density at radius 3 is 1.69 bits per heavy atom. The molecule has 0 N–H and O–H groups in total. The smallest absolute Gasteiger partial charge is 0.160 e. The highest BCUT2D eigenvalue weighted by molar-refractivity contribution is 7.99. The second-order valence-corrected chi connectivity index (χ2v) is 14.3. The van der Waals surface area contributed by atoms with E-state index in [9.17, 15) is 5.26 Å². The molecule has 0 saturated heterocycles. The Balaban J connectivity index is 1.24. The third-order valence-corrected chi connectivity index (χ3v) is 11.6. The van der Waals surface area contributed by atoms with Crippen LogP contribution in [-0.2, 0) is 5.41 Å². The monoisotopic (exact) mass is 679 g/mol. The van der Waals surface area contributed by atoms with Crippen LogP contribution in [0.1, 0.15) is 27.8 Å². The van der Waals surface area contributed by atoms with Crippen LogP contribution in [0.25, 0.3) is 56.2 Å². The normalized spacial score (nSPS) is 14.9. The van der Waals surface area contributed by atoms with Crippen molar-refractivity contribution in [3.05, 3.63) is 204 Å². The summed E-state index contributed by atoms with van der Waals surface area (Å²) in [6, 6.07) is 64.3. The van der Waals surface area contributed by atoms with Gasteiger partial charge in [0.1, 0.15) is 0 Å². The molecule has 0 amide bonds. The quantitative estimate of drug-likeness (QED) is 0.186. The zero-order valence-electron chi connectivity index (χ0n) is 28.0. The summed E-state index contributed by atoms with van der Waals surface area (Å²) in [4.78, 5) is 12.9. The van der Waals surface area contributed by atoms with E-state index in [1.165, 1.54) is 43.2 Å². The third-order valence-electron chi connectivity index (χ3n) is 10.4. The molecule has 0 saturated carbocycles. The summed E-state index contributed by atoms with van der Waals surface area (Å²) in [5.74, 6) is 0.694. The Bertz CT molecular complexity index is 2660. The highest BCUT2D eigenvalue weighted by Gasteiger charge is 2.50. The summed E-state index contributed by atoms with van der Waals surface area (Å²) in [5, 5.41) is 9.46. The summed E-state index contributed by atoms with van der Waals surface area (Å²) in [6.07, 6.45) is 0. The lowest BCUT2D eigenvalue weighted by molar-refractivity contribution is 0.723. The molecule has 1 atom stereocenters. The van der Waals surface area contributed by atoms with Crippen molar-refractivity contribution in [2.45, 2.75) is 15.2 Å². The summed E-state index contributed by atoms with van der Waals surface area (Å²) in [6.45, 7) is 0. The van der Waals surface area contributed by atoms with Gasteiger partial charge >= 0.3 is 0 Å². The minimum atomic E-state index is -0.568. The Kier molecular flexibility index (Phi) is 7.02. The maximum Gasteiger partial charge on any atom is 0.160 e. The van der Waals surface area contributed by atoms with Gasteiger partial charge in [0, 0.05) is 26.5 Å². The summed E-state index contributed by atoms with van der Waals surface area (Å²) in [7, 11) is 0. The van der Waals surface area contributed by atoms with Crippen LogP contribution in [0.3, 0.4) is 0 Å². The van der Waals surface area contributed by atoms with Crippen molar-refractivity contribution in [3.8, 4) is 62.2 Å². The van der Waals surface area contributed by atoms with E-state index in [1.54, 1.807) is 0 Å². The highest BCUT2D eigenvalue weighted by atomic mass is 32.2. The van der Waals surface area contributed by atoms with Gasteiger partial charge in [-0.2, -0.15) is 5.26 Å². The van der Waals surface area contributed by atoms with Gasteiger partial charge < -0.3 is 0 Å². The lowest BCUT2D eigenvalue weighted by Crippen LogP contribution is -2.32. The molecule has 2 heterocycles. The van der Waals surface area contributed by atoms with Crippen molar-refractivity contribution in [1.82, 2.24) is 9.97 Å². The zero-order valence-corrected chi connectivity index (χ0v) is 28.8. The molecule has 8 aromatic rings. The van der Waals surface area contributed by atoms with Crippen LogP contribution in [0.2, 0.25) is 0 Å². The molecule has 0 radical (unpaired) electrons. The molecule has 1 unspecified atom stereocenters. The van der Waals surface area contributed by atoms with Crippen molar-refractivity contribution >= 4 is 11.8 Å². The summed E-state index contributed by atoms with van der Waals surface area (Å²) >= 11 is 1.83. The van der Waals surface area contributed by atoms with Crippen LogP contribution in [0, 0.1) is 11.3 Å². The molecule has 52 heavy (non-hydrogen) atoms. The van der Waals surface area contributed by atoms with Crippen LogP contribution in [-0.4, -0.2) is 9.97 Å². The van der Waals surface area contributed by atoms with E-state index in [2.05, 4.69) is 146 Å². The number of hydrogen-bond acceptors (Lipinski definition) is 4. The molecule has 2 aliphatic rings. The Morgan fingerprint density at radius 2 is 0.981 bits per heavy atom. The first-order valence-corrected chi connectivity index (χ1v) is 18.2. The SMILES string of the molecule is N#Cc1ccc(-c2ccc3c(c2)C2(c4ccccc4S3)c3ccccc3-c3ccc(-c4nc(-c5ccccc5)cc(-c5ccccc5)n4)cc32)cc1. The summed E-state index contributed by atoms with van der Waals surface area (Å²) in [5.41, 5.74) is 14.6. The van der Waals surface area contributed by atoms with E-state index in [0.29, 0.717) is 11.4 Å². The standard InChI is InChI=1S/C48H29N3S/c49-30-31-19-21-32(22-20-31)35-24-26-46-42(27-35)48(40-17-9-10-18-45(40)52-46)39-16-8-7-15-37(39)38-25-23-36(28-41(38)48)47-50-43(33-11-3-1-4-12-33)29-44(51-47)34-13-5-2-6-14-34/h1-29H. The number of hydrogen-bond donors (Lipinski definition) is 0. The van der Waals surface area contributed by atoms with Crippen molar-refractivity contribution in [2.24, 2.45) is 0 Å². The highest BCUT2D eigenvalue weighted by Crippen LogP contribution is 2.62. The van der Waals surface area contributed by atoms with Crippen LogP contribution < -0.4 is 0 Å². The van der Waals surface area contributed by atoms with Gasteiger partial charge in [0.2, 0.25) is 0 Å². The Labute approximate surface area is 307 Å². The molecular weight excluding hydrogens is 651 g/mol. The van der Waals surface area contributed by atoms with Gasteiger partial charge in [0.25, 0.3) is 0 Å². The first-order valence-electron chi connectivity index (χ1n) is 17.4. The van der Waals surface area contributed by atoms with E-state index < -0.39 is 5.41 Å². The van der Waals surface area contributed by atoms with Gasteiger partial charge in [0.15, 0.2) is 5.82 Å². The van der Waals surface area contributed by atoms with Crippen molar-refractivity contribution in [2.75, 3.05) is 0 Å². The number of aromatic nitrogens is 2. The molecule has 1 aromatic heterocycles. The molecule has 1 aliphatic carbocycles. The average molecular weight is 680 g/mol. The molecule has 4 heteroatoms. The van der Waals surface area contributed by atoms with Crippen molar-refractivity contribution in [1.29, 1.82) is 5.26 Å². The largest absolute Gasteiger partial charge is 0.228 e. The topological polar surface area (TPSA) is 49.6 Å². The van der Waals surface area contributed by atoms with Gasteiger partial charge in [0.05, 0.1) is 28.4 Å². The van der Waals surface area contributed by atoms with E-state index in [-0.39, 0.29) is 0 Å². The minimum Gasteiger partial charge on any atom is -0.228 e. The molecule has 1 spiro atoms. The molecule has 242 valence electrons. The molecule has 0 bridgehead atoms. The Morgan fingerprint density at radius 1 is 0.423 bits per heavy atom. The van der Waals surface area contributed by atoms with E-state index in [4.69, 9.17) is 9.97 Å². The fourth-order valence-corrected chi connectivity index (χ4v) is 9.22. The van der Waals surface area contributed by atoms with Crippen LogP contribution >= 0.6 is 11.8 Å². The number of benzene rings is 7. The Hall–Kier alpha value is -6.54. The van der Waals surface area contributed by atoms with E-state index in [1.807, 2.05) is 48.2 Å². The second-order valence-electron chi connectivity index (χ2n) is 13.2. The van der Waals surface area contributed by atoms with Crippen molar-refractivity contribution < 1.29 is 0 Å². The van der Waals surface area contributed by atoms with Crippen LogP contribution in [0.5, 0.6) is 0 Å². The van der Waals surface area contributed by atoms with Gasteiger partial charge in [-0.15, -0.1) is 0 Å². The maximum absolute atomic E-state index is 9.46. The van der Waals surface area contributed by atoms with Crippen LogP contribution in [0.4, 0.5) is 0 Å². The fourth-order valence-electron chi connectivity index (χ4n) is 8.05. The molecule has 10 rings (SSSR count). The zero-order chi connectivity index (χ0) is 34.6. The number of rotatable bonds is 4. The molecule has 0 fully saturated rings. The van der Waals surface area contributed by atoms with Gasteiger partial charge in [-0.05, 0) is 87.0 Å². The predicted octanol–water partition coefficient (Wildman–Crippen LogP) is 11.8. The van der Waals surface area contributed by atoms with Gasteiger partial charge in [-0.1, -0.05) is 145 Å². The number of fused-ring (bicyclic) bond motifs is 9. The van der Waals surface area contributed by atoms with Gasteiger partial charge in [-0.3, -0.25) is 0 Å². The maximum atomic E-state index is 9.46. The third kappa shape index (κ3) is 4.67. The molecule has 1 aliphatic heterocycles. The lowest BCUT2D eigenvalue weighted by Gasteiger charge is -2.40. The first-order chi connectivity index (χ1) is 25.7. The van der Waals surface area contributed by atoms with E-state index in [0.717, 1.165) is 39.2 Å². The molecule has 3 nitrogen and oxygen atoms in total. The number of nitriles is 1. The van der Waals surface area contributed by atoms with E-state index >= 15 is 0 Å². The first kappa shape index (κ1) is 30.3.